The highest BCUT2D eigenvalue weighted by Crippen LogP contribution is 2.53. The van der Waals surface area contributed by atoms with Gasteiger partial charge in [-0.25, -0.2) is 4.98 Å². The number of benzene rings is 9. The van der Waals surface area contributed by atoms with E-state index in [4.69, 9.17) is 29.1 Å². The highest BCUT2D eigenvalue weighted by Gasteiger charge is 2.29. The Bertz CT molecular complexity index is 5620. The van der Waals surface area contributed by atoms with Crippen LogP contribution in [0.5, 0.6) is 0 Å². The van der Waals surface area contributed by atoms with Crippen molar-refractivity contribution in [2.24, 2.45) is 0 Å². The first-order valence-corrected chi connectivity index (χ1v) is 17.8. The van der Waals surface area contributed by atoms with Gasteiger partial charge < -0.3 is 4.42 Å². The van der Waals surface area contributed by atoms with Crippen LogP contribution < -0.4 is 0 Å². The maximum atomic E-state index is 10.2. The summed E-state index contributed by atoms with van der Waals surface area (Å²) in [5.41, 5.74) is -11.4. The van der Waals surface area contributed by atoms with Gasteiger partial charge in [0.25, 0.3) is 0 Å². The molecule has 0 radical (unpaired) electrons. The molecular weight excluding hydrogens is 741 g/mol. The molecule has 0 saturated heterocycles. The molecule has 0 bridgehead atoms. The lowest BCUT2D eigenvalue weighted by Gasteiger charge is -2.17. The van der Waals surface area contributed by atoms with E-state index in [2.05, 4.69) is 9.97 Å². The third-order valence-corrected chi connectivity index (χ3v) is 9.68. The van der Waals surface area contributed by atoms with E-state index < -0.39 is 339 Å². The molecule has 0 spiro atoms. The molecule has 0 unspecified atom stereocenters. The third-order valence-electron chi connectivity index (χ3n) is 9.68. The fourth-order valence-electron chi connectivity index (χ4n) is 7.21. The highest BCUT2D eigenvalue weighted by molar-refractivity contribution is 6.23. The van der Waals surface area contributed by atoms with Crippen molar-refractivity contribution in [3.8, 4) is 67.3 Å². The number of furan rings is 1. The van der Waals surface area contributed by atoms with Crippen molar-refractivity contribution in [1.82, 2.24) is 9.97 Å². The predicted molar refractivity (Wildman–Crippen MR) is 254 cm³/mol. The number of fused-ring (bicyclic) bond motifs is 6. The van der Waals surface area contributed by atoms with Gasteiger partial charge in [-0.3, -0.25) is 4.98 Å². The van der Waals surface area contributed by atoms with Crippen LogP contribution in [0.1, 0.15) is 49.3 Å². The largest absolute Gasteiger partial charge is 0.455 e. The minimum Gasteiger partial charge on any atom is -0.455 e. The van der Waals surface area contributed by atoms with Crippen molar-refractivity contribution in [1.29, 1.82) is 0 Å². The third kappa shape index (κ3) is 5.66. The van der Waals surface area contributed by atoms with Crippen molar-refractivity contribution in [3.63, 3.8) is 0 Å². The quantitative estimate of drug-likeness (QED) is 0.124. The molecule has 3 heterocycles. The molecule has 0 aliphatic rings. The Balaban J connectivity index is 1.44. The molecule has 0 aliphatic heterocycles. The summed E-state index contributed by atoms with van der Waals surface area (Å²) < 4.78 is 338. The van der Waals surface area contributed by atoms with Crippen molar-refractivity contribution in [2.45, 2.75) is 0 Å². The van der Waals surface area contributed by atoms with Gasteiger partial charge in [-0.15, -0.1) is 0 Å². The summed E-state index contributed by atoms with van der Waals surface area (Å²) in [5, 5.41) is -6.87. The average Bonchev–Trinajstić information content (AvgIpc) is 1.68. The van der Waals surface area contributed by atoms with E-state index in [1.807, 2.05) is 0 Å². The molecule has 0 N–H and O–H groups in total. The lowest BCUT2D eigenvalue weighted by molar-refractivity contribution is 0.600. The van der Waals surface area contributed by atoms with Gasteiger partial charge in [0, 0.05) is 44.8 Å². The normalized spacial score (nSPS) is 19.9. The minimum atomic E-state index is -1.32. The first-order chi connectivity index (χ1) is 45.2. The molecule has 3 aromatic heterocycles. The molecule has 0 fully saturated rings. The van der Waals surface area contributed by atoms with Crippen molar-refractivity contribution in [2.75, 3.05) is 0 Å². The van der Waals surface area contributed by atoms with Crippen LogP contribution in [0.4, 0.5) is 0 Å². The number of nitrogens with zero attached hydrogens (tertiary/aromatic N) is 2. The second kappa shape index (κ2) is 14.3. The Morgan fingerprint density at radius 2 is 0.770 bits per heavy atom. The van der Waals surface area contributed by atoms with Crippen LogP contribution in [-0.4, -0.2) is 9.97 Å². The van der Waals surface area contributed by atoms with Crippen LogP contribution in [-0.2, 0) is 0 Å². The Morgan fingerprint density at radius 3 is 1.36 bits per heavy atom. The second-order valence-electron chi connectivity index (χ2n) is 12.9. The van der Waals surface area contributed by atoms with E-state index in [1.54, 1.807) is 0 Å². The Morgan fingerprint density at radius 1 is 0.328 bits per heavy atom. The summed E-state index contributed by atoms with van der Waals surface area (Å²) in [6.45, 7) is 0. The van der Waals surface area contributed by atoms with Crippen LogP contribution in [0, 0.1) is 0 Å². The lowest BCUT2D eigenvalue weighted by Crippen LogP contribution is -1.91. The average molecular weight is 813 g/mol. The van der Waals surface area contributed by atoms with E-state index >= 15 is 0 Å². The fraction of sp³-hybridized carbons (Fsp3) is 0. The SMILES string of the molecule is [2H]c1nc2c(c([2H])c1[2H])c([2H])c([2H])c1c([2H])c([2H])c(-c3c([2H])c([2H])c(-c4oc(-c5c6c([2H])c([2H])c([2H])c([2H])c6c(-c6c([2H])c([2H])c([2H])c([2H])c6[2H])c6c([2H])c([2H])c([2H])c([2H])c56)c(-c5c([2H])c([2H])c([2H])c([2H])c5[2H])c4-c4c([2H])c([2H])c([2H])c([2H])c4[2H])c4c([2H])c([2H])c([2H])c([2H])c34)nc12. The Kier molecular flexibility index (Phi) is 3.34. The first-order valence-electron chi connectivity index (χ1n) is 35.8. The van der Waals surface area contributed by atoms with Crippen molar-refractivity contribution >= 4 is 54.1 Å². The molecule has 0 amide bonds. The maximum absolute atomic E-state index is 10.2. The number of hydrogen-bond donors (Lipinski definition) is 0. The second-order valence-corrected chi connectivity index (χ2v) is 12.9. The lowest BCUT2D eigenvalue weighted by atomic mass is 9.85. The van der Waals surface area contributed by atoms with E-state index in [9.17, 15) is 24.7 Å². The smallest absolute Gasteiger partial charge is 0.144 e. The standard InChI is InChI=1S/C58H36N2O/c1-4-17-37(18-5-1)51-45-26-12-14-28-47(45)54(48-29-15-13-27-46(48)51)58-53(39-21-8-3-9-22-39)52(38-19-6-2-7-20-38)57(61-58)49-34-33-44(42-24-10-11-25-43(42)49)50-35-32-41-31-30-40-23-16-36-59-55(40)56(41)60-50/h1-36H/i1D,2D,3D,4D,5D,6D,7D,8D,9D,10D,11D,12D,13D,14D,15D,16D,17D,18D,19D,20D,21D,22D,23D,24D,25D,26D,27D,28D,29D,30D,31D,32D,33D,34D,35D,36D. The van der Waals surface area contributed by atoms with Crippen molar-refractivity contribution < 1.29 is 53.8 Å². The van der Waals surface area contributed by atoms with E-state index in [1.165, 1.54) is 0 Å². The molecule has 12 rings (SSSR count). The van der Waals surface area contributed by atoms with Gasteiger partial charge >= 0.3 is 0 Å². The van der Waals surface area contributed by atoms with Gasteiger partial charge in [0.15, 0.2) is 0 Å². The topological polar surface area (TPSA) is 38.9 Å². The van der Waals surface area contributed by atoms with Gasteiger partial charge in [-0.2, -0.15) is 0 Å². The maximum Gasteiger partial charge on any atom is 0.144 e. The summed E-state index contributed by atoms with van der Waals surface area (Å²) in [6.07, 6.45) is -0.860. The van der Waals surface area contributed by atoms with Crippen LogP contribution in [0.3, 0.4) is 0 Å². The molecule has 3 nitrogen and oxygen atoms in total. The molecule has 12 aromatic rings. The van der Waals surface area contributed by atoms with Crippen LogP contribution >= 0.6 is 0 Å². The molecule has 9 aromatic carbocycles. The van der Waals surface area contributed by atoms with Gasteiger partial charge in [-0.05, 0) is 72.7 Å². The van der Waals surface area contributed by atoms with Gasteiger partial charge in [0.2, 0.25) is 0 Å². The van der Waals surface area contributed by atoms with Crippen molar-refractivity contribution in [3.05, 3.63) is 218 Å². The van der Waals surface area contributed by atoms with Gasteiger partial charge in [-0.1, -0.05) is 193 Å². The molecule has 0 saturated carbocycles. The molecule has 0 aliphatic carbocycles. The fourth-order valence-corrected chi connectivity index (χ4v) is 7.21. The zero-order valence-corrected chi connectivity index (χ0v) is 30.3. The van der Waals surface area contributed by atoms with Gasteiger partial charge in [0.1, 0.15) is 11.5 Å². The van der Waals surface area contributed by atoms with E-state index in [0.717, 1.165) is 0 Å². The van der Waals surface area contributed by atoms with Crippen LogP contribution in [0.15, 0.2) is 222 Å². The Hall–Kier alpha value is -8.14. The van der Waals surface area contributed by atoms with E-state index in [0.29, 0.717) is 0 Å². The number of rotatable bonds is 6. The van der Waals surface area contributed by atoms with Gasteiger partial charge in [0.05, 0.1) is 66.1 Å². The molecular formula is C58H36N2O. The highest BCUT2D eigenvalue weighted by atomic mass is 16.3. The molecule has 3 heteroatoms. The molecule has 284 valence electrons. The number of hydrogen-bond acceptors (Lipinski definition) is 3. The zero-order chi connectivity index (χ0) is 71.6. The minimum absolute atomic E-state index is 0.539. The summed E-state index contributed by atoms with van der Waals surface area (Å²) in [6, 6.07) is -39.0. The summed E-state index contributed by atoms with van der Waals surface area (Å²) in [5.74, 6) is -2.46. The molecule has 61 heavy (non-hydrogen) atoms. The van der Waals surface area contributed by atoms with Crippen LogP contribution in [0.25, 0.3) is 121 Å². The zero-order valence-electron chi connectivity index (χ0n) is 66.3. The van der Waals surface area contributed by atoms with Crippen LogP contribution in [0.2, 0.25) is 0 Å². The number of pyridine rings is 2. The predicted octanol–water partition coefficient (Wildman–Crippen LogP) is 15.8. The number of aromatic nitrogens is 2. The first kappa shape index (κ1) is 14.3. The summed E-state index contributed by atoms with van der Waals surface area (Å²) in [7, 11) is 0. The Labute approximate surface area is 403 Å². The summed E-state index contributed by atoms with van der Waals surface area (Å²) >= 11 is 0. The van der Waals surface area contributed by atoms with E-state index in [-0.39, 0.29) is 0 Å². The molecule has 0 atom stereocenters. The monoisotopic (exact) mass is 813 g/mol. The summed E-state index contributed by atoms with van der Waals surface area (Å²) in [4.78, 5) is 8.53.